The summed E-state index contributed by atoms with van der Waals surface area (Å²) in [4.78, 5) is 5.34. The fourth-order valence-corrected chi connectivity index (χ4v) is 4.78. The Morgan fingerprint density at radius 2 is 1.96 bits per heavy atom. The molecule has 0 aromatic heterocycles. The van der Waals surface area contributed by atoms with E-state index in [1.807, 2.05) is 24.3 Å². The standard InChI is InChI=1S/C19H27ClN2O/c20-16-6-3-7-17(11-16)23-18-13-21(14-18)12-15-5-4-10-22-9-2-1-8-19(15)22/h3,6-7,11,15,18-19H,1-2,4-5,8-10,12-14H2/t15-,19+/m0/s1. The summed E-state index contributed by atoms with van der Waals surface area (Å²) in [5.74, 6) is 1.77. The monoisotopic (exact) mass is 334 g/mol. The number of hydrogen-bond acceptors (Lipinski definition) is 3. The van der Waals surface area contributed by atoms with E-state index >= 15 is 0 Å². The Hall–Kier alpha value is -0.770. The second-order valence-corrected chi connectivity index (χ2v) is 7.85. The van der Waals surface area contributed by atoms with Crippen LogP contribution in [-0.2, 0) is 0 Å². The van der Waals surface area contributed by atoms with Gasteiger partial charge in [0.15, 0.2) is 0 Å². The van der Waals surface area contributed by atoms with E-state index in [9.17, 15) is 0 Å². The van der Waals surface area contributed by atoms with E-state index in [0.717, 1.165) is 35.8 Å². The molecule has 1 aromatic carbocycles. The molecular weight excluding hydrogens is 308 g/mol. The van der Waals surface area contributed by atoms with E-state index in [2.05, 4.69) is 9.80 Å². The summed E-state index contributed by atoms with van der Waals surface area (Å²) in [5, 5.41) is 0.748. The zero-order valence-corrected chi connectivity index (χ0v) is 14.5. The number of benzene rings is 1. The second-order valence-electron chi connectivity index (χ2n) is 7.42. The molecule has 3 aliphatic rings. The van der Waals surface area contributed by atoms with E-state index in [-0.39, 0.29) is 0 Å². The van der Waals surface area contributed by atoms with Crippen molar-refractivity contribution in [3.05, 3.63) is 29.3 Å². The molecule has 0 unspecified atom stereocenters. The Labute approximate surface area is 144 Å². The lowest BCUT2D eigenvalue weighted by molar-refractivity contribution is -0.0188. The normalized spacial score (nSPS) is 29.8. The Morgan fingerprint density at radius 1 is 1.09 bits per heavy atom. The third-order valence-corrected chi connectivity index (χ3v) is 5.98. The lowest BCUT2D eigenvalue weighted by atomic mass is 9.83. The van der Waals surface area contributed by atoms with Crippen molar-refractivity contribution in [1.82, 2.24) is 9.80 Å². The van der Waals surface area contributed by atoms with Crippen molar-refractivity contribution in [3.8, 4) is 5.75 Å². The van der Waals surface area contributed by atoms with Crippen molar-refractivity contribution in [2.75, 3.05) is 32.7 Å². The molecule has 0 N–H and O–H groups in total. The van der Waals surface area contributed by atoms with Gasteiger partial charge in [0.25, 0.3) is 0 Å². The Kier molecular flexibility index (Phi) is 4.79. The third-order valence-electron chi connectivity index (χ3n) is 5.74. The number of hydrogen-bond donors (Lipinski definition) is 0. The predicted molar refractivity (Wildman–Crippen MR) is 94.2 cm³/mol. The minimum atomic E-state index is 0.333. The fourth-order valence-electron chi connectivity index (χ4n) is 4.60. The molecule has 4 heteroatoms. The highest BCUT2D eigenvalue weighted by Gasteiger charge is 2.37. The molecule has 3 heterocycles. The van der Waals surface area contributed by atoms with Crippen molar-refractivity contribution in [2.45, 2.75) is 44.2 Å². The average molecular weight is 335 g/mol. The summed E-state index contributed by atoms with van der Waals surface area (Å²) in [7, 11) is 0. The van der Waals surface area contributed by atoms with Crippen molar-refractivity contribution in [1.29, 1.82) is 0 Å². The molecule has 3 saturated heterocycles. The Bertz CT molecular complexity index is 530. The van der Waals surface area contributed by atoms with Gasteiger partial charge in [0.2, 0.25) is 0 Å². The molecule has 23 heavy (non-hydrogen) atoms. The summed E-state index contributed by atoms with van der Waals surface area (Å²) in [5.41, 5.74) is 0. The molecule has 0 amide bonds. The van der Waals surface area contributed by atoms with E-state index in [0.29, 0.717) is 6.10 Å². The second kappa shape index (κ2) is 7.00. The molecule has 4 rings (SSSR count). The highest BCUT2D eigenvalue weighted by atomic mass is 35.5. The average Bonchev–Trinajstić information content (AvgIpc) is 2.53. The summed E-state index contributed by atoms with van der Waals surface area (Å²) >= 11 is 6.02. The number of piperidine rings is 2. The summed E-state index contributed by atoms with van der Waals surface area (Å²) < 4.78 is 6.02. The van der Waals surface area contributed by atoms with Gasteiger partial charge in [-0.15, -0.1) is 0 Å². The number of rotatable bonds is 4. The van der Waals surface area contributed by atoms with E-state index < -0.39 is 0 Å². The van der Waals surface area contributed by atoms with Gasteiger partial charge in [0, 0.05) is 30.7 Å². The van der Waals surface area contributed by atoms with Gasteiger partial charge in [0.1, 0.15) is 11.9 Å². The molecule has 126 valence electrons. The van der Waals surface area contributed by atoms with Crippen LogP contribution >= 0.6 is 11.6 Å². The molecule has 0 spiro atoms. The SMILES string of the molecule is Clc1cccc(OC2CN(C[C@@H]3CCCN4CCCC[C@H]34)C2)c1. The number of halogens is 1. The van der Waals surface area contributed by atoms with Crippen LogP contribution in [0.25, 0.3) is 0 Å². The first kappa shape index (κ1) is 15.7. The number of nitrogens with zero attached hydrogens (tertiary/aromatic N) is 2. The molecule has 0 saturated carbocycles. The first-order valence-electron chi connectivity index (χ1n) is 9.16. The van der Waals surface area contributed by atoms with Crippen LogP contribution in [-0.4, -0.2) is 54.7 Å². The summed E-state index contributed by atoms with van der Waals surface area (Å²) in [6, 6.07) is 8.60. The van der Waals surface area contributed by atoms with Gasteiger partial charge in [0.05, 0.1) is 0 Å². The van der Waals surface area contributed by atoms with Crippen LogP contribution in [0.2, 0.25) is 5.02 Å². The van der Waals surface area contributed by atoms with Crippen LogP contribution in [0.1, 0.15) is 32.1 Å². The van der Waals surface area contributed by atoms with Gasteiger partial charge in [-0.3, -0.25) is 4.90 Å². The smallest absolute Gasteiger partial charge is 0.124 e. The van der Waals surface area contributed by atoms with Gasteiger partial charge in [-0.1, -0.05) is 24.1 Å². The molecule has 2 atom stereocenters. The van der Waals surface area contributed by atoms with Crippen LogP contribution in [0.3, 0.4) is 0 Å². The highest BCUT2D eigenvalue weighted by molar-refractivity contribution is 6.30. The molecule has 1 aromatic rings. The lowest BCUT2D eigenvalue weighted by Crippen LogP contribution is -2.58. The largest absolute Gasteiger partial charge is 0.488 e. The molecule has 0 bridgehead atoms. The highest BCUT2D eigenvalue weighted by Crippen LogP contribution is 2.32. The van der Waals surface area contributed by atoms with Crippen molar-refractivity contribution in [3.63, 3.8) is 0 Å². The minimum Gasteiger partial charge on any atom is -0.488 e. The van der Waals surface area contributed by atoms with Crippen molar-refractivity contribution < 1.29 is 4.74 Å². The lowest BCUT2D eigenvalue weighted by Gasteiger charge is -2.48. The summed E-state index contributed by atoms with van der Waals surface area (Å²) in [6.07, 6.45) is 7.39. The van der Waals surface area contributed by atoms with Crippen LogP contribution in [0, 0.1) is 5.92 Å². The zero-order valence-electron chi connectivity index (χ0n) is 13.8. The predicted octanol–water partition coefficient (Wildman–Crippen LogP) is 3.67. The van der Waals surface area contributed by atoms with Crippen LogP contribution in [0.4, 0.5) is 0 Å². The van der Waals surface area contributed by atoms with Crippen LogP contribution in [0.15, 0.2) is 24.3 Å². The van der Waals surface area contributed by atoms with Crippen molar-refractivity contribution in [2.24, 2.45) is 5.92 Å². The van der Waals surface area contributed by atoms with E-state index in [1.165, 1.54) is 51.7 Å². The maximum absolute atomic E-state index is 6.02. The Balaban J connectivity index is 1.25. The summed E-state index contributed by atoms with van der Waals surface area (Å²) in [6.45, 7) is 6.06. The van der Waals surface area contributed by atoms with Crippen LogP contribution < -0.4 is 4.74 Å². The van der Waals surface area contributed by atoms with E-state index in [4.69, 9.17) is 16.3 Å². The maximum Gasteiger partial charge on any atom is 0.124 e. The quantitative estimate of drug-likeness (QED) is 0.835. The first-order valence-corrected chi connectivity index (χ1v) is 9.54. The third kappa shape index (κ3) is 3.67. The van der Waals surface area contributed by atoms with E-state index in [1.54, 1.807) is 0 Å². The van der Waals surface area contributed by atoms with Gasteiger partial charge >= 0.3 is 0 Å². The molecule has 3 nitrogen and oxygen atoms in total. The molecule has 3 fully saturated rings. The molecule has 3 aliphatic heterocycles. The first-order chi connectivity index (χ1) is 11.3. The maximum atomic E-state index is 6.02. The topological polar surface area (TPSA) is 15.7 Å². The minimum absolute atomic E-state index is 0.333. The number of fused-ring (bicyclic) bond motifs is 1. The van der Waals surface area contributed by atoms with Gasteiger partial charge in [-0.2, -0.15) is 0 Å². The van der Waals surface area contributed by atoms with Crippen molar-refractivity contribution >= 4 is 11.6 Å². The fraction of sp³-hybridized carbons (Fsp3) is 0.684. The Morgan fingerprint density at radius 3 is 2.83 bits per heavy atom. The molecule has 0 aliphatic carbocycles. The zero-order chi connectivity index (χ0) is 15.6. The van der Waals surface area contributed by atoms with Gasteiger partial charge in [-0.25, -0.2) is 0 Å². The van der Waals surface area contributed by atoms with Crippen LogP contribution in [0.5, 0.6) is 5.75 Å². The number of ether oxygens (including phenoxy) is 1. The molecule has 0 radical (unpaired) electrons. The van der Waals surface area contributed by atoms with Gasteiger partial charge < -0.3 is 9.64 Å². The van der Waals surface area contributed by atoms with Gasteiger partial charge in [-0.05, 0) is 62.9 Å². The molecular formula is C19H27ClN2O. The number of likely N-dealkylation sites (tertiary alicyclic amines) is 1.